The van der Waals surface area contributed by atoms with Crippen molar-refractivity contribution in [2.75, 3.05) is 34.0 Å². The molecule has 4 rings (SSSR count). The third-order valence-corrected chi connectivity index (χ3v) is 4.81. The molecule has 0 saturated heterocycles. The highest BCUT2D eigenvalue weighted by molar-refractivity contribution is 5.77. The van der Waals surface area contributed by atoms with E-state index in [4.69, 9.17) is 18.9 Å². The number of hydrogen-bond acceptors (Lipinski definition) is 8. The molecule has 2 aromatic heterocycles. The number of fused-ring (bicyclic) bond motifs is 1. The molecule has 0 spiro atoms. The van der Waals surface area contributed by atoms with Gasteiger partial charge in [-0.25, -0.2) is 8.78 Å². The lowest BCUT2D eigenvalue weighted by Gasteiger charge is -2.10. The topological polar surface area (TPSA) is 109 Å². The molecule has 2 aromatic carbocycles. The molecule has 0 bridgehead atoms. The van der Waals surface area contributed by atoms with Crippen LogP contribution in [0.15, 0.2) is 48.5 Å². The number of nitrogens with zero attached hydrogens (tertiary/aromatic N) is 4. The predicted molar refractivity (Wildman–Crippen MR) is 120 cm³/mol. The molecule has 0 radical (unpaired) electrons. The van der Waals surface area contributed by atoms with Gasteiger partial charge in [0.25, 0.3) is 5.91 Å². The summed E-state index contributed by atoms with van der Waals surface area (Å²) >= 11 is 0. The zero-order valence-corrected chi connectivity index (χ0v) is 18.8. The van der Waals surface area contributed by atoms with Gasteiger partial charge >= 0.3 is 0 Å². The standard InChI is InChI=1S/C23H21F2N5O5/c1-32-15-4-5-16(19(12-15)33-2)23-28-27-20-7-8-22(29-30(20)23)34-10-9-26-21(31)13-35-18-6-3-14(24)11-17(18)25/h3-8,11-12H,9-10,13H2,1-2H3,(H,26,31). The monoisotopic (exact) mass is 485 g/mol. The van der Waals surface area contributed by atoms with E-state index in [2.05, 4.69) is 20.6 Å². The van der Waals surface area contributed by atoms with Crippen LogP contribution in [0.25, 0.3) is 17.0 Å². The van der Waals surface area contributed by atoms with E-state index in [1.807, 2.05) is 0 Å². The Morgan fingerprint density at radius 3 is 2.60 bits per heavy atom. The van der Waals surface area contributed by atoms with Gasteiger partial charge < -0.3 is 24.3 Å². The molecule has 35 heavy (non-hydrogen) atoms. The second-order valence-electron chi connectivity index (χ2n) is 7.09. The fourth-order valence-corrected chi connectivity index (χ4v) is 3.13. The van der Waals surface area contributed by atoms with Gasteiger partial charge in [0.2, 0.25) is 5.88 Å². The Bertz CT molecular complexity index is 1350. The van der Waals surface area contributed by atoms with Gasteiger partial charge in [-0.1, -0.05) is 0 Å². The summed E-state index contributed by atoms with van der Waals surface area (Å²) in [5.74, 6) is -0.424. The van der Waals surface area contributed by atoms with Crippen molar-refractivity contribution < 1.29 is 32.5 Å². The molecule has 4 aromatic rings. The molecule has 1 N–H and O–H groups in total. The molecule has 12 heteroatoms. The zero-order valence-electron chi connectivity index (χ0n) is 18.8. The van der Waals surface area contributed by atoms with Crippen LogP contribution in [0.2, 0.25) is 0 Å². The summed E-state index contributed by atoms with van der Waals surface area (Å²) in [5.41, 5.74) is 1.17. The molecule has 10 nitrogen and oxygen atoms in total. The minimum Gasteiger partial charge on any atom is -0.497 e. The van der Waals surface area contributed by atoms with Gasteiger partial charge in [-0.15, -0.1) is 15.3 Å². The molecule has 0 saturated carbocycles. The number of methoxy groups -OCH3 is 2. The minimum absolute atomic E-state index is 0.110. The molecule has 0 aliphatic rings. The molecular weight excluding hydrogens is 464 g/mol. The van der Waals surface area contributed by atoms with Crippen LogP contribution in [0.1, 0.15) is 0 Å². The van der Waals surface area contributed by atoms with Crippen molar-refractivity contribution in [2.45, 2.75) is 0 Å². The second-order valence-corrected chi connectivity index (χ2v) is 7.09. The second kappa shape index (κ2) is 10.6. The first-order valence-electron chi connectivity index (χ1n) is 10.4. The summed E-state index contributed by atoms with van der Waals surface area (Å²) in [6.45, 7) is -0.172. The largest absolute Gasteiger partial charge is 0.497 e. The Labute approximate surface area is 198 Å². The molecular formula is C23H21F2N5O5. The van der Waals surface area contributed by atoms with Crippen molar-refractivity contribution in [3.8, 4) is 34.5 Å². The molecule has 0 fully saturated rings. The lowest BCUT2D eigenvalue weighted by molar-refractivity contribution is -0.123. The highest BCUT2D eigenvalue weighted by Gasteiger charge is 2.16. The number of amides is 1. The summed E-state index contributed by atoms with van der Waals surface area (Å²) < 4.78 is 49.3. The average molecular weight is 485 g/mol. The van der Waals surface area contributed by atoms with Crippen LogP contribution in [-0.2, 0) is 4.79 Å². The summed E-state index contributed by atoms with van der Waals surface area (Å²) in [4.78, 5) is 11.9. The van der Waals surface area contributed by atoms with Crippen molar-refractivity contribution in [3.63, 3.8) is 0 Å². The number of benzene rings is 2. The number of halogens is 2. The Morgan fingerprint density at radius 2 is 1.83 bits per heavy atom. The van der Waals surface area contributed by atoms with E-state index in [-0.39, 0.29) is 24.8 Å². The first-order chi connectivity index (χ1) is 17.0. The van der Waals surface area contributed by atoms with Crippen LogP contribution in [0, 0.1) is 11.6 Å². The number of carbonyl (C=O) groups excluding carboxylic acids is 1. The summed E-state index contributed by atoms with van der Waals surface area (Å²) in [6, 6.07) is 11.4. The number of rotatable bonds is 10. The highest BCUT2D eigenvalue weighted by Crippen LogP contribution is 2.32. The number of nitrogens with one attached hydrogen (secondary N) is 1. The fourth-order valence-electron chi connectivity index (χ4n) is 3.13. The van der Waals surface area contributed by atoms with Crippen molar-refractivity contribution in [1.82, 2.24) is 25.1 Å². The van der Waals surface area contributed by atoms with Crippen molar-refractivity contribution in [1.29, 1.82) is 0 Å². The van der Waals surface area contributed by atoms with Gasteiger partial charge in [0.1, 0.15) is 23.9 Å². The Balaban J connectivity index is 1.34. The van der Waals surface area contributed by atoms with E-state index in [0.717, 1.165) is 12.1 Å². The molecule has 0 unspecified atom stereocenters. The van der Waals surface area contributed by atoms with E-state index < -0.39 is 24.1 Å². The van der Waals surface area contributed by atoms with Crippen LogP contribution in [0.5, 0.6) is 23.1 Å². The quantitative estimate of drug-likeness (QED) is 0.342. The maximum Gasteiger partial charge on any atom is 0.258 e. The van der Waals surface area contributed by atoms with E-state index in [9.17, 15) is 13.6 Å². The van der Waals surface area contributed by atoms with E-state index in [1.54, 1.807) is 44.6 Å². The maximum atomic E-state index is 13.5. The van der Waals surface area contributed by atoms with Crippen LogP contribution in [0.4, 0.5) is 8.78 Å². The van der Waals surface area contributed by atoms with Gasteiger partial charge in [-0.3, -0.25) is 4.79 Å². The maximum absolute atomic E-state index is 13.5. The van der Waals surface area contributed by atoms with E-state index in [1.165, 1.54) is 4.52 Å². The molecule has 182 valence electrons. The number of ether oxygens (including phenoxy) is 4. The number of hydrogen-bond donors (Lipinski definition) is 1. The third-order valence-electron chi connectivity index (χ3n) is 4.81. The zero-order chi connectivity index (χ0) is 24.8. The minimum atomic E-state index is -0.886. The Kier molecular flexibility index (Phi) is 7.19. The predicted octanol–water partition coefficient (Wildman–Crippen LogP) is 2.66. The van der Waals surface area contributed by atoms with Crippen LogP contribution >= 0.6 is 0 Å². The van der Waals surface area contributed by atoms with Crippen molar-refractivity contribution >= 4 is 11.6 Å². The molecule has 0 atom stereocenters. The number of carbonyl (C=O) groups is 1. The van der Waals surface area contributed by atoms with Gasteiger partial charge in [-0.05, 0) is 30.3 Å². The van der Waals surface area contributed by atoms with Crippen molar-refractivity contribution in [2.24, 2.45) is 0 Å². The number of aromatic nitrogens is 4. The molecule has 2 heterocycles. The van der Waals surface area contributed by atoms with Crippen LogP contribution < -0.4 is 24.3 Å². The molecule has 1 amide bonds. The first kappa shape index (κ1) is 23.7. The summed E-state index contributed by atoms with van der Waals surface area (Å²) in [6.07, 6.45) is 0. The third kappa shape index (κ3) is 5.54. The lowest BCUT2D eigenvalue weighted by Crippen LogP contribution is -2.32. The van der Waals surface area contributed by atoms with Gasteiger partial charge in [0.15, 0.2) is 29.6 Å². The lowest BCUT2D eigenvalue weighted by atomic mass is 10.2. The SMILES string of the molecule is COc1ccc(-c2nnc3ccc(OCCNC(=O)COc4ccc(F)cc4F)nn23)c(OC)c1. The fraction of sp³-hybridized carbons (Fsp3) is 0.217. The normalized spacial score (nSPS) is 10.7. The van der Waals surface area contributed by atoms with Crippen LogP contribution in [-0.4, -0.2) is 59.7 Å². The molecule has 0 aliphatic carbocycles. The van der Waals surface area contributed by atoms with E-state index >= 15 is 0 Å². The first-order valence-corrected chi connectivity index (χ1v) is 10.4. The van der Waals surface area contributed by atoms with Gasteiger partial charge in [0.05, 0.1) is 26.3 Å². The smallest absolute Gasteiger partial charge is 0.258 e. The van der Waals surface area contributed by atoms with Gasteiger partial charge in [0, 0.05) is 18.2 Å². The highest BCUT2D eigenvalue weighted by atomic mass is 19.1. The Hall–Kier alpha value is -4.48. The van der Waals surface area contributed by atoms with E-state index in [0.29, 0.717) is 34.6 Å². The molecule has 0 aliphatic heterocycles. The van der Waals surface area contributed by atoms with Crippen molar-refractivity contribution in [3.05, 3.63) is 60.2 Å². The summed E-state index contributed by atoms with van der Waals surface area (Å²) in [5, 5.41) is 15.3. The average Bonchev–Trinajstić information content (AvgIpc) is 3.28. The Morgan fingerprint density at radius 1 is 0.971 bits per heavy atom. The van der Waals surface area contributed by atoms with Crippen LogP contribution in [0.3, 0.4) is 0 Å². The summed E-state index contributed by atoms with van der Waals surface area (Å²) in [7, 11) is 3.10. The van der Waals surface area contributed by atoms with Gasteiger partial charge in [-0.2, -0.15) is 4.52 Å².